The molecule has 0 spiro atoms. The molecule has 0 aromatic carbocycles. The highest BCUT2D eigenvalue weighted by Gasteiger charge is 2.32. The highest BCUT2D eigenvalue weighted by atomic mass is 16.5. The van der Waals surface area contributed by atoms with Crippen LogP contribution in [0.3, 0.4) is 0 Å². The molecule has 0 bridgehead atoms. The Morgan fingerprint density at radius 3 is 2.93 bits per heavy atom. The molecular weight excluding hydrogens is 188 g/mol. The molecule has 15 heavy (non-hydrogen) atoms. The molecule has 1 aromatic rings. The average Bonchev–Trinajstić information content (AvgIpc) is 2.18. The zero-order valence-electron chi connectivity index (χ0n) is 9.42. The van der Waals surface area contributed by atoms with Crippen LogP contribution in [-0.2, 0) is 11.3 Å². The summed E-state index contributed by atoms with van der Waals surface area (Å²) < 4.78 is 5.21. The number of aryl methyl sites for hydroxylation is 1. The number of nitrogens with one attached hydrogen (secondary N) is 1. The van der Waals surface area contributed by atoms with Gasteiger partial charge in [0, 0.05) is 24.7 Å². The zero-order valence-corrected chi connectivity index (χ0v) is 9.42. The summed E-state index contributed by atoms with van der Waals surface area (Å²) in [7, 11) is 0. The van der Waals surface area contributed by atoms with Gasteiger partial charge in [-0.25, -0.2) is 0 Å². The van der Waals surface area contributed by atoms with Crippen LogP contribution >= 0.6 is 0 Å². The van der Waals surface area contributed by atoms with Crippen molar-refractivity contribution in [3.05, 3.63) is 29.6 Å². The van der Waals surface area contributed by atoms with E-state index in [1.54, 1.807) is 0 Å². The van der Waals surface area contributed by atoms with Crippen LogP contribution in [0.4, 0.5) is 0 Å². The quantitative estimate of drug-likeness (QED) is 0.811. The van der Waals surface area contributed by atoms with Gasteiger partial charge in [-0.2, -0.15) is 0 Å². The fraction of sp³-hybridized carbons (Fsp3) is 0.583. The molecule has 1 fully saturated rings. The average molecular weight is 206 g/mol. The number of pyridine rings is 1. The van der Waals surface area contributed by atoms with Crippen LogP contribution < -0.4 is 5.32 Å². The zero-order chi connectivity index (χ0) is 10.7. The first kappa shape index (κ1) is 10.6. The smallest absolute Gasteiger partial charge is 0.0570 e. The van der Waals surface area contributed by atoms with E-state index in [0.29, 0.717) is 5.41 Å². The number of hydrogen-bond acceptors (Lipinski definition) is 3. The number of hydrogen-bond donors (Lipinski definition) is 1. The van der Waals surface area contributed by atoms with Crippen molar-refractivity contribution >= 4 is 0 Å². The number of ether oxygens (including phenoxy) is 1. The Balaban J connectivity index is 1.81. The third-order valence-electron chi connectivity index (χ3n) is 2.86. The first-order valence-electron chi connectivity index (χ1n) is 5.39. The summed E-state index contributed by atoms with van der Waals surface area (Å²) in [4.78, 5) is 4.35. The molecule has 0 aliphatic carbocycles. The lowest BCUT2D eigenvalue weighted by Crippen LogP contribution is -2.47. The van der Waals surface area contributed by atoms with Crippen molar-refractivity contribution in [2.45, 2.75) is 20.4 Å². The Bertz CT molecular complexity index is 334. The van der Waals surface area contributed by atoms with Crippen LogP contribution in [0, 0.1) is 12.3 Å². The van der Waals surface area contributed by atoms with Gasteiger partial charge in [-0.1, -0.05) is 13.0 Å². The molecule has 2 heterocycles. The summed E-state index contributed by atoms with van der Waals surface area (Å²) in [6.45, 7) is 7.95. The molecule has 1 aliphatic rings. The van der Waals surface area contributed by atoms with Crippen molar-refractivity contribution in [1.29, 1.82) is 0 Å². The van der Waals surface area contributed by atoms with Gasteiger partial charge in [0.15, 0.2) is 0 Å². The lowest BCUT2D eigenvalue weighted by molar-refractivity contribution is -0.0991. The van der Waals surface area contributed by atoms with E-state index in [-0.39, 0.29) is 0 Å². The minimum absolute atomic E-state index is 0.336. The summed E-state index contributed by atoms with van der Waals surface area (Å²) in [5, 5.41) is 3.44. The van der Waals surface area contributed by atoms with E-state index in [2.05, 4.69) is 30.2 Å². The van der Waals surface area contributed by atoms with Gasteiger partial charge < -0.3 is 10.1 Å². The normalized spacial score (nSPS) is 18.5. The van der Waals surface area contributed by atoms with E-state index in [9.17, 15) is 0 Å². The Morgan fingerprint density at radius 1 is 1.53 bits per heavy atom. The molecule has 0 radical (unpaired) electrons. The number of rotatable bonds is 4. The van der Waals surface area contributed by atoms with Crippen LogP contribution in [0.25, 0.3) is 0 Å². The van der Waals surface area contributed by atoms with Gasteiger partial charge in [0.25, 0.3) is 0 Å². The molecule has 1 saturated heterocycles. The second-order valence-electron chi connectivity index (χ2n) is 4.67. The highest BCUT2D eigenvalue weighted by Crippen LogP contribution is 2.25. The topological polar surface area (TPSA) is 34.2 Å². The molecule has 3 nitrogen and oxygen atoms in total. The van der Waals surface area contributed by atoms with Crippen LogP contribution in [0.5, 0.6) is 0 Å². The maximum Gasteiger partial charge on any atom is 0.0570 e. The second-order valence-corrected chi connectivity index (χ2v) is 4.67. The molecule has 0 atom stereocenters. The van der Waals surface area contributed by atoms with Gasteiger partial charge >= 0.3 is 0 Å². The molecule has 1 N–H and O–H groups in total. The van der Waals surface area contributed by atoms with Crippen molar-refractivity contribution in [1.82, 2.24) is 10.3 Å². The SMILES string of the molecule is Cc1cccnc1CNCC1(C)COC1. The Morgan fingerprint density at radius 2 is 2.33 bits per heavy atom. The summed E-state index contributed by atoms with van der Waals surface area (Å²) >= 11 is 0. The summed E-state index contributed by atoms with van der Waals surface area (Å²) in [5.74, 6) is 0. The minimum Gasteiger partial charge on any atom is -0.380 e. The molecule has 3 heteroatoms. The van der Waals surface area contributed by atoms with E-state index >= 15 is 0 Å². The van der Waals surface area contributed by atoms with E-state index in [4.69, 9.17) is 4.74 Å². The van der Waals surface area contributed by atoms with E-state index in [1.807, 2.05) is 12.3 Å². The maximum atomic E-state index is 5.21. The van der Waals surface area contributed by atoms with Gasteiger partial charge in [-0.05, 0) is 18.6 Å². The van der Waals surface area contributed by atoms with Crippen LogP contribution in [0.15, 0.2) is 18.3 Å². The largest absolute Gasteiger partial charge is 0.380 e. The number of nitrogens with zero attached hydrogens (tertiary/aromatic N) is 1. The first-order chi connectivity index (χ1) is 7.20. The van der Waals surface area contributed by atoms with Crippen LogP contribution in [-0.4, -0.2) is 24.7 Å². The van der Waals surface area contributed by atoms with Gasteiger partial charge in [0.05, 0.1) is 18.9 Å². The lowest BCUT2D eigenvalue weighted by Gasteiger charge is -2.38. The maximum absolute atomic E-state index is 5.21. The third-order valence-corrected chi connectivity index (χ3v) is 2.86. The van der Waals surface area contributed by atoms with Gasteiger partial charge in [0.2, 0.25) is 0 Å². The fourth-order valence-electron chi connectivity index (χ4n) is 1.74. The minimum atomic E-state index is 0.336. The molecule has 0 amide bonds. The summed E-state index contributed by atoms with van der Waals surface area (Å²) in [5.41, 5.74) is 2.73. The molecule has 1 aromatic heterocycles. The van der Waals surface area contributed by atoms with Crippen molar-refractivity contribution < 1.29 is 4.74 Å². The summed E-state index contributed by atoms with van der Waals surface area (Å²) in [6.07, 6.45) is 1.85. The molecule has 2 rings (SSSR count). The van der Waals surface area contributed by atoms with Crippen LogP contribution in [0.2, 0.25) is 0 Å². The lowest BCUT2D eigenvalue weighted by atomic mass is 9.89. The second kappa shape index (κ2) is 4.29. The van der Waals surface area contributed by atoms with Gasteiger partial charge in [0.1, 0.15) is 0 Å². The Hall–Kier alpha value is -0.930. The highest BCUT2D eigenvalue weighted by molar-refractivity contribution is 5.17. The monoisotopic (exact) mass is 206 g/mol. The predicted octanol–water partition coefficient (Wildman–Crippen LogP) is 1.52. The Kier molecular flexibility index (Phi) is 3.03. The predicted molar refractivity (Wildman–Crippen MR) is 59.6 cm³/mol. The van der Waals surface area contributed by atoms with Crippen molar-refractivity contribution in [2.75, 3.05) is 19.8 Å². The van der Waals surface area contributed by atoms with Crippen LogP contribution in [0.1, 0.15) is 18.2 Å². The van der Waals surface area contributed by atoms with Crippen molar-refractivity contribution in [2.24, 2.45) is 5.41 Å². The molecule has 0 saturated carbocycles. The third kappa shape index (κ3) is 2.55. The first-order valence-corrected chi connectivity index (χ1v) is 5.39. The molecule has 1 aliphatic heterocycles. The molecular formula is C12H18N2O. The van der Waals surface area contributed by atoms with Crippen molar-refractivity contribution in [3.8, 4) is 0 Å². The fourth-order valence-corrected chi connectivity index (χ4v) is 1.74. The molecule has 82 valence electrons. The van der Waals surface area contributed by atoms with Crippen molar-refractivity contribution in [3.63, 3.8) is 0 Å². The van der Waals surface area contributed by atoms with Gasteiger partial charge in [-0.3, -0.25) is 4.98 Å². The molecule has 0 unspecified atom stereocenters. The van der Waals surface area contributed by atoms with E-state index < -0.39 is 0 Å². The van der Waals surface area contributed by atoms with Gasteiger partial charge in [-0.15, -0.1) is 0 Å². The number of aromatic nitrogens is 1. The summed E-state index contributed by atoms with van der Waals surface area (Å²) in [6, 6.07) is 4.07. The van der Waals surface area contributed by atoms with E-state index in [0.717, 1.165) is 32.0 Å². The van der Waals surface area contributed by atoms with E-state index in [1.165, 1.54) is 5.56 Å². The standard InChI is InChI=1S/C12H18N2O/c1-10-4-3-5-14-11(10)6-13-7-12(2)8-15-9-12/h3-5,13H,6-9H2,1-2H3. The Labute approximate surface area is 90.9 Å².